The van der Waals surface area contributed by atoms with E-state index in [0.717, 1.165) is 16.8 Å². The summed E-state index contributed by atoms with van der Waals surface area (Å²) in [6.07, 6.45) is 0.990. The van der Waals surface area contributed by atoms with E-state index >= 15 is 0 Å². The summed E-state index contributed by atoms with van der Waals surface area (Å²) in [5.41, 5.74) is 0.467. The van der Waals surface area contributed by atoms with Crippen LogP contribution in [0.25, 0.3) is 0 Å². The Morgan fingerprint density at radius 3 is 2.48 bits per heavy atom. The lowest BCUT2D eigenvalue weighted by Crippen LogP contribution is -2.29. The smallest absolute Gasteiger partial charge is 0.296 e. The van der Waals surface area contributed by atoms with Gasteiger partial charge in [0.15, 0.2) is 11.6 Å². The summed E-state index contributed by atoms with van der Waals surface area (Å²) in [5, 5.41) is 0.853. The van der Waals surface area contributed by atoms with E-state index < -0.39 is 23.6 Å². The molecule has 2 rings (SSSR count). The summed E-state index contributed by atoms with van der Waals surface area (Å²) in [6, 6.07) is 8.76. The van der Waals surface area contributed by atoms with E-state index in [2.05, 4.69) is 0 Å². The zero-order chi connectivity index (χ0) is 15.6. The molecule has 0 aliphatic carbocycles. The van der Waals surface area contributed by atoms with Crippen molar-refractivity contribution in [2.45, 2.75) is 13.0 Å². The van der Waals surface area contributed by atoms with Crippen molar-refractivity contribution in [2.75, 3.05) is 14.2 Å². The van der Waals surface area contributed by atoms with Crippen LogP contribution in [0.1, 0.15) is 29.0 Å². The van der Waals surface area contributed by atoms with Crippen LogP contribution in [0.2, 0.25) is 0 Å². The molecule has 1 atom stereocenters. The van der Waals surface area contributed by atoms with Crippen LogP contribution in [0.5, 0.6) is 0 Å². The van der Waals surface area contributed by atoms with Gasteiger partial charge < -0.3 is 4.57 Å². The van der Waals surface area contributed by atoms with E-state index in [9.17, 15) is 13.6 Å². The number of carbonyl (C=O) groups excluding carboxylic acids is 1. The fourth-order valence-corrected chi connectivity index (χ4v) is 2.10. The lowest BCUT2D eigenvalue weighted by molar-refractivity contribution is -0.0766. The summed E-state index contributed by atoms with van der Waals surface area (Å²) in [4.78, 5) is 16.9. The first-order valence-electron chi connectivity index (χ1n) is 6.40. The molecule has 1 amide bonds. The molecule has 1 aromatic heterocycles. The summed E-state index contributed by atoms with van der Waals surface area (Å²) < 4.78 is 28.8. The zero-order valence-electron chi connectivity index (χ0n) is 12.0. The molecule has 0 fully saturated rings. The zero-order valence-corrected chi connectivity index (χ0v) is 12.0. The van der Waals surface area contributed by atoms with Gasteiger partial charge in [0.25, 0.3) is 5.91 Å². The Kier molecular flexibility index (Phi) is 4.37. The molecule has 0 aliphatic rings. The maximum Gasteiger partial charge on any atom is 0.296 e. The van der Waals surface area contributed by atoms with E-state index in [1.165, 1.54) is 18.7 Å². The highest BCUT2D eigenvalue weighted by molar-refractivity contribution is 5.92. The molecule has 0 saturated carbocycles. The SMILES string of the molecule is CON(C)C(=O)c1c(F)c(F)cn1[C@H](C)c1ccccc1. The fourth-order valence-electron chi connectivity index (χ4n) is 2.10. The number of nitrogens with zero attached hydrogens (tertiary/aromatic N) is 2. The van der Waals surface area contributed by atoms with Gasteiger partial charge in [-0.1, -0.05) is 30.3 Å². The van der Waals surface area contributed by atoms with Crippen molar-refractivity contribution in [1.82, 2.24) is 9.63 Å². The second-order valence-electron chi connectivity index (χ2n) is 4.62. The van der Waals surface area contributed by atoms with Crippen molar-refractivity contribution in [3.05, 3.63) is 59.4 Å². The molecule has 0 spiro atoms. The Hall–Kier alpha value is -2.21. The standard InChI is InChI=1S/C15H16F2N2O2/c1-10(11-7-5-4-6-8-11)19-9-12(16)13(17)14(19)15(20)18(2)21-3/h4-10H,1-3H3/t10-/m1/s1. The molecule has 0 N–H and O–H groups in total. The third-order valence-corrected chi connectivity index (χ3v) is 3.39. The molecule has 1 heterocycles. The van der Waals surface area contributed by atoms with Crippen LogP contribution < -0.4 is 0 Å². The molecule has 0 saturated heterocycles. The molecule has 112 valence electrons. The van der Waals surface area contributed by atoms with Gasteiger partial charge in [-0.3, -0.25) is 9.63 Å². The van der Waals surface area contributed by atoms with Crippen LogP contribution in [0, 0.1) is 11.6 Å². The predicted molar refractivity (Wildman–Crippen MR) is 73.7 cm³/mol. The number of benzene rings is 1. The van der Waals surface area contributed by atoms with Crippen LogP contribution in [-0.4, -0.2) is 29.7 Å². The molecule has 21 heavy (non-hydrogen) atoms. The minimum Gasteiger partial charge on any atom is -0.331 e. The largest absolute Gasteiger partial charge is 0.331 e. The van der Waals surface area contributed by atoms with Crippen molar-refractivity contribution in [3.8, 4) is 0 Å². The third-order valence-electron chi connectivity index (χ3n) is 3.39. The minimum absolute atomic E-state index is 0.367. The number of aromatic nitrogens is 1. The molecular weight excluding hydrogens is 278 g/mol. The first-order valence-corrected chi connectivity index (χ1v) is 6.40. The average molecular weight is 294 g/mol. The second kappa shape index (κ2) is 6.05. The normalized spacial score (nSPS) is 12.2. The van der Waals surface area contributed by atoms with Crippen molar-refractivity contribution in [1.29, 1.82) is 0 Å². The molecule has 4 nitrogen and oxygen atoms in total. The van der Waals surface area contributed by atoms with Crippen molar-refractivity contribution < 1.29 is 18.4 Å². The molecule has 6 heteroatoms. The summed E-state index contributed by atoms with van der Waals surface area (Å²) in [7, 11) is 2.62. The highest BCUT2D eigenvalue weighted by Crippen LogP contribution is 2.25. The predicted octanol–water partition coefficient (Wildman–Crippen LogP) is 3.01. The number of rotatable bonds is 4. The molecule has 0 aliphatic heterocycles. The Labute approximate surface area is 121 Å². The van der Waals surface area contributed by atoms with Crippen LogP contribution in [0.4, 0.5) is 8.78 Å². The molecular formula is C15H16F2N2O2. The van der Waals surface area contributed by atoms with Gasteiger partial charge >= 0.3 is 0 Å². The van der Waals surface area contributed by atoms with Gasteiger partial charge in [-0.05, 0) is 12.5 Å². The average Bonchev–Trinajstić information content (AvgIpc) is 2.81. The summed E-state index contributed by atoms with van der Waals surface area (Å²) in [5.74, 6) is -2.99. The van der Waals surface area contributed by atoms with Gasteiger partial charge in [-0.2, -0.15) is 0 Å². The molecule has 0 radical (unpaired) electrons. The first kappa shape index (κ1) is 15.2. The first-order chi connectivity index (χ1) is 9.97. The number of hydrogen-bond donors (Lipinski definition) is 0. The molecule has 0 bridgehead atoms. The highest BCUT2D eigenvalue weighted by Gasteiger charge is 2.27. The van der Waals surface area contributed by atoms with Gasteiger partial charge in [0.2, 0.25) is 0 Å². The Bertz CT molecular complexity index is 641. The number of halogens is 2. The van der Waals surface area contributed by atoms with Crippen LogP contribution in [0.3, 0.4) is 0 Å². The Morgan fingerprint density at radius 1 is 1.29 bits per heavy atom. The highest BCUT2D eigenvalue weighted by atomic mass is 19.2. The van der Waals surface area contributed by atoms with Gasteiger partial charge in [-0.25, -0.2) is 13.8 Å². The van der Waals surface area contributed by atoms with Gasteiger partial charge in [-0.15, -0.1) is 0 Å². The monoisotopic (exact) mass is 294 g/mol. The Balaban J connectivity index is 2.50. The van der Waals surface area contributed by atoms with E-state index in [0.29, 0.717) is 0 Å². The summed E-state index contributed by atoms with van der Waals surface area (Å²) in [6.45, 7) is 1.76. The topological polar surface area (TPSA) is 34.5 Å². The van der Waals surface area contributed by atoms with E-state index in [4.69, 9.17) is 4.84 Å². The number of amides is 1. The fraction of sp³-hybridized carbons (Fsp3) is 0.267. The van der Waals surface area contributed by atoms with E-state index in [-0.39, 0.29) is 5.69 Å². The number of hydroxylamine groups is 2. The maximum absolute atomic E-state index is 13.9. The second-order valence-corrected chi connectivity index (χ2v) is 4.62. The number of hydrogen-bond acceptors (Lipinski definition) is 2. The molecule has 0 unspecified atom stereocenters. The van der Waals surface area contributed by atoms with Crippen molar-refractivity contribution >= 4 is 5.91 Å². The van der Waals surface area contributed by atoms with E-state index in [1.807, 2.05) is 30.3 Å². The lowest BCUT2D eigenvalue weighted by Gasteiger charge is -2.20. The molecule has 1 aromatic carbocycles. The van der Waals surface area contributed by atoms with E-state index in [1.54, 1.807) is 6.92 Å². The Morgan fingerprint density at radius 2 is 1.90 bits per heavy atom. The number of carbonyl (C=O) groups is 1. The quantitative estimate of drug-likeness (QED) is 0.812. The van der Waals surface area contributed by atoms with Gasteiger partial charge in [0.1, 0.15) is 5.69 Å². The molecule has 2 aromatic rings. The van der Waals surface area contributed by atoms with Crippen molar-refractivity contribution in [2.24, 2.45) is 0 Å². The lowest BCUT2D eigenvalue weighted by atomic mass is 10.1. The minimum atomic E-state index is -1.17. The van der Waals surface area contributed by atoms with Gasteiger partial charge in [0.05, 0.1) is 13.2 Å². The van der Waals surface area contributed by atoms with Crippen LogP contribution in [-0.2, 0) is 4.84 Å². The third kappa shape index (κ3) is 2.80. The van der Waals surface area contributed by atoms with Crippen molar-refractivity contribution in [3.63, 3.8) is 0 Å². The van der Waals surface area contributed by atoms with Crippen LogP contribution >= 0.6 is 0 Å². The maximum atomic E-state index is 13.9. The van der Waals surface area contributed by atoms with Gasteiger partial charge in [0, 0.05) is 13.2 Å². The van der Waals surface area contributed by atoms with Crippen LogP contribution in [0.15, 0.2) is 36.5 Å². The summed E-state index contributed by atoms with van der Waals surface area (Å²) >= 11 is 0.